The average molecular weight is 237 g/mol. The van der Waals surface area contributed by atoms with E-state index in [0.29, 0.717) is 5.92 Å². The Morgan fingerprint density at radius 1 is 1.38 bits per heavy atom. The van der Waals surface area contributed by atoms with Gasteiger partial charge >= 0.3 is 0 Å². The number of hydrogen-bond acceptors (Lipinski definition) is 2. The summed E-state index contributed by atoms with van der Waals surface area (Å²) in [7, 11) is 2.15. The number of nitrogens with one attached hydrogen (secondary N) is 1. The number of nitrogens with zero attached hydrogens (tertiary/aromatic N) is 1. The van der Waals surface area contributed by atoms with Crippen LogP contribution >= 0.6 is 11.6 Å². The largest absolute Gasteiger partial charge is 0.373 e. The van der Waals surface area contributed by atoms with Gasteiger partial charge in [-0.15, -0.1) is 0 Å². The van der Waals surface area contributed by atoms with Crippen LogP contribution in [0.5, 0.6) is 0 Å². The van der Waals surface area contributed by atoms with E-state index in [1.54, 1.807) is 0 Å². The minimum atomic E-state index is 0.652. The molecule has 1 saturated heterocycles. The molecule has 2 atom stereocenters. The summed E-state index contributed by atoms with van der Waals surface area (Å²) in [6, 6.07) is 6.32. The monoisotopic (exact) mass is 236 g/mol. The van der Waals surface area contributed by atoms with Crippen molar-refractivity contribution < 1.29 is 0 Å². The van der Waals surface area contributed by atoms with Crippen molar-refractivity contribution in [2.24, 2.45) is 5.92 Å². The fourth-order valence-electron chi connectivity index (χ4n) is 3.11. The SMILES string of the molecule is CN1CCC2CNCC2c2cccc(Cl)c21. The van der Waals surface area contributed by atoms with Crippen LogP contribution in [-0.4, -0.2) is 26.7 Å². The molecule has 2 unspecified atom stereocenters. The van der Waals surface area contributed by atoms with E-state index in [9.17, 15) is 0 Å². The molecule has 1 N–H and O–H groups in total. The number of anilines is 1. The molecule has 0 saturated carbocycles. The van der Waals surface area contributed by atoms with Gasteiger partial charge in [-0.3, -0.25) is 0 Å². The fraction of sp³-hybridized carbons (Fsp3) is 0.538. The summed E-state index contributed by atoms with van der Waals surface area (Å²) in [5.41, 5.74) is 2.68. The molecule has 0 bridgehead atoms. The van der Waals surface area contributed by atoms with Gasteiger partial charge < -0.3 is 10.2 Å². The lowest BCUT2D eigenvalue weighted by atomic mass is 9.87. The maximum atomic E-state index is 6.34. The lowest BCUT2D eigenvalue weighted by molar-refractivity contribution is 0.496. The van der Waals surface area contributed by atoms with Crippen molar-refractivity contribution >= 4 is 17.3 Å². The molecular weight excluding hydrogens is 220 g/mol. The van der Waals surface area contributed by atoms with Crippen LogP contribution in [0.3, 0.4) is 0 Å². The highest BCUT2D eigenvalue weighted by molar-refractivity contribution is 6.33. The minimum absolute atomic E-state index is 0.652. The first-order valence-corrected chi connectivity index (χ1v) is 6.35. The van der Waals surface area contributed by atoms with E-state index in [-0.39, 0.29) is 0 Å². The molecule has 0 aromatic heterocycles. The Bertz CT molecular complexity index is 405. The number of para-hydroxylation sites is 1. The Kier molecular flexibility index (Phi) is 2.56. The molecule has 2 heterocycles. The molecule has 0 amide bonds. The Morgan fingerprint density at radius 3 is 3.12 bits per heavy atom. The van der Waals surface area contributed by atoms with E-state index in [0.717, 1.165) is 30.6 Å². The summed E-state index contributed by atoms with van der Waals surface area (Å²) in [6.45, 7) is 3.37. The summed E-state index contributed by atoms with van der Waals surface area (Å²) in [5.74, 6) is 1.43. The predicted molar refractivity (Wildman–Crippen MR) is 68.4 cm³/mol. The zero-order chi connectivity index (χ0) is 11.1. The van der Waals surface area contributed by atoms with Gasteiger partial charge in [0.2, 0.25) is 0 Å². The number of fused-ring (bicyclic) bond motifs is 3. The number of benzene rings is 1. The summed E-state index contributed by atoms with van der Waals surface area (Å²) in [5, 5.41) is 4.40. The first kappa shape index (κ1) is 10.4. The maximum absolute atomic E-state index is 6.34. The van der Waals surface area contributed by atoms with Crippen molar-refractivity contribution in [3.63, 3.8) is 0 Å². The average Bonchev–Trinajstić information content (AvgIpc) is 2.69. The Morgan fingerprint density at radius 2 is 2.25 bits per heavy atom. The highest BCUT2D eigenvalue weighted by Crippen LogP contribution is 2.42. The van der Waals surface area contributed by atoms with Gasteiger partial charge in [0, 0.05) is 26.1 Å². The van der Waals surface area contributed by atoms with Crippen LogP contribution in [0.15, 0.2) is 18.2 Å². The van der Waals surface area contributed by atoms with Crippen molar-refractivity contribution in [3.8, 4) is 0 Å². The standard InChI is InChI=1S/C13H17ClN2/c1-16-6-5-9-7-15-8-11(9)10-3-2-4-12(14)13(10)16/h2-4,9,11,15H,5-8H2,1H3. The van der Waals surface area contributed by atoms with Gasteiger partial charge in [-0.05, 0) is 30.5 Å². The maximum Gasteiger partial charge on any atom is 0.0642 e. The second kappa shape index (κ2) is 3.94. The Hall–Kier alpha value is -0.730. The second-order valence-corrected chi connectivity index (χ2v) is 5.32. The summed E-state index contributed by atoms with van der Waals surface area (Å²) >= 11 is 6.34. The second-order valence-electron chi connectivity index (χ2n) is 4.91. The molecule has 86 valence electrons. The molecule has 2 aliphatic rings. The molecule has 3 heteroatoms. The molecule has 1 fully saturated rings. The van der Waals surface area contributed by atoms with Gasteiger partial charge in [0.25, 0.3) is 0 Å². The summed E-state index contributed by atoms with van der Waals surface area (Å²) in [6.07, 6.45) is 1.26. The lowest BCUT2D eigenvalue weighted by Crippen LogP contribution is -2.20. The van der Waals surface area contributed by atoms with E-state index in [1.807, 2.05) is 6.07 Å². The molecule has 2 aliphatic heterocycles. The van der Waals surface area contributed by atoms with Crippen LogP contribution in [0.25, 0.3) is 0 Å². The first-order valence-electron chi connectivity index (χ1n) is 5.97. The van der Waals surface area contributed by atoms with Gasteiger partial charge in [-0.2, -0.15) is 0 Å². The first-order chi connectivity index (χ1) is 7.77. The highest BCUT2D eigenvalue weighted by atomic mass is 35.5. The minimum Gasteiger partial charge on any atom is -0.373 e. The van der Waals surface area contributed by atoms with Crippen molar-refractivity contribution in [3.05, 3.63) is 28.8 Å². The smallest absolute Gasteiger partial charge is 0.0642 e. The van der Waals surface area contributed by atoms with E-state index < -0.39 is 0 Å². The Labute approximate surface area is 102 Å². The van der Waals surface area contributed by atoms with E-state index in [2.05, 4.69) is 29.4 Å². The van der Waals surface area contributed by atoms with Crippen LogP contribution in [-0.2, 0) is 0 Å². The van der Waals surface area contributed by atoms with Crippen LogP contribution in [0.2, 0.25) is 5.02 Å². The van der Waals surface area contributed by atoms with Gasteiger partial charge in [0.05, 0.1) is 10.7 Å². The van der Waals surface area contributed by atoms with Crippen LogP contribution < -0.4 is 10.2 Å². The lowest BCUT2D eigenvalue weighted by Gasteiger charge is -2.22. The molecule has 0 spiro atoms. The van der Waals surface area contributed by atoms with Gasteiger partial charge in [0.1, 0.15) is 0 Å². The molecule has 3 rings (SSSR count). The van der Waals surface area contributed by atoms with Crippen molar-refractivity contribution in [2.45, 2.75) is 12.3 Å². The fourth-order valence-corrected chi connectivity index (χ4v) is 3.43. The van der Waals surface area contributed by atoms with Crippen molar-refractivity contribution in [1.29, 1.82) is 0 Å². The summed E-state index contributed by atoms with van der Waals surface area (Å²) in [4.78, 5) is 2.32. The molecular formula is C13H17ClN2. The van der Waals surface area contributed by atoms with Gasteiger partial charge in [0.15, 0.2) is 0 Å². The molecule has 16 heavy (non-hydrogen) atoms. The molecule has 0 aliphatic carbocycles. The van der Waals surface area contributed by atoms with Crippen LogP contribution in [0.4, 0.5) is 5.69 Å². The summed E-state index contributed by atoms with van der Waals surface area (Å²) < 4.78 is 0. The highest BCUT2D eigenvalue weighted by Gasteiger charge is 2.33. The third-order valence-electron chi connectivity index (χ3n) is 3.97. The van der Waals surface area contributed by atoms with E-state index in [4.69, 9.17) is 11.6 Å². The molecule has 0 radical (unpaired) electrons. The quantitative estimate of drug-likeness (QED) is 0.745. The normalized spacial score (nSPS) is 28.5. The molecule has 2 nitrogen and oxygen atoms in total. The van der Waals surface area contributed by atoms with Crippen LogP contribution in [0, 0.1) is 5.92 Å². The molecule has 1 aromatic rings. The molecule has 1 aromatic carbocycles. The van der Waals surface area contributed by atoms with Gasteiger partial charge in [-0.1, -0.05) is 23.7 Å². The number of hydrogen-bond donors (Lipinski definition) is 1. The number of rotatable bonds is 0. The third kappa shape index (κ3) is 1.52. The van der Waals surface area contributed by atoms with E-state index >= 15 is 0 Å². The van der Waals surface area contributed by atoms with Gasteiger partial charge in [-0.25, -0.2) is 0 Å². The number of halogens is 1. The van der Waals surface area contributed by atoms with Crippen molar-refractivity contribution in [2.75, 3.05) is 31.6 Å². The third-order valence-corrected chi connectivity index (χ3v) is 4.28. The topological polar surface area (TPSA) is 15.3 Å². The van der Waals surface area contributed by atoms with E-state index in [1.165, 1.54) is 17.7 Å². The zero-order valence-electron chi connectivity index (χ0n) is 9.54. The predicted octanol–water partition coefficient (Wildman–Crippen LogP) is 2.48. The van der Waals surface area contributed by atoms with Crippen LogP contribution in [0.1, 0.15) is 17.9 Å². The van der Waals surface area contributed by atoms with Crippen molar-refractivity contribution in [1.82, 2.24) is 5.32 Å². The Balaban J connectivity index is 2.13. The zero-order valence-corrected chi connectivity index (χ0v) is 10.3.